The third-order valence-corrected chi connectivity index (χ3v) is 3.38. The number of nitrogens with zero attached hydrogens (tertiary/aromatic N) is 1. The Labute approximate surface area is 127 Å². The van der Waals surface area contributed by atoms with E-state index < -0.39 is 6.10 Å². The zero-order valence-electron chi connectivity index (χ0n) is 13.2. The number of likely N-dealkylation sites (N-methyl/N-ethyl adjacent to an activating group) is 1. The minimum absolute atomic E-state index is 0.0806. The van der Waals surface area contributed by atoms with Crippen LogP contribution in [0.4, 0.5) is 0 Å². The summed E-state index contributed by atoms with van der Waals surface area (Å²) >= 11 is 0. The first-order valence-electron chi connectivity index (χ1n) is 7.45. The Morgan fingerprint density at radius 1 is 1.24 bits per heavy atom. The van der Waals surface area contributed by atoms with E-state index in [-0.39, 0.29) is 12.6 Å². The SMILES string of the molecule is CCCCOc1ccc(/C=C/[C@H](O)[C@@H](CO)N(C)C)cc1. The molecule has 0 saturated heterocycles. The fourth-order valence-corrected chi connectivity index (χ4v) is 1.92. The van der Waals surface area contributed by atoms with Crippen molar-refractivity contribution in [3.63, 3.8) is 0 Å². The number of benzene rings is 1. The molecule has 0 amide bonds. The molecule has 0 saturated carbocycles. The van der Waals surface area contributed by atoms with E-state index in [1.807, 2.05) is 44.4 Å². The van der Waals surface area contributed by atoms with Gasteiger partial charge in [0.05, 0.1) is 25.4 Å². The highest BCUT2D eigenvalue weighted by atomic mass is 16.5. The maximum atomic E-state index is 10.0. The topological polar surface area (TPSA) is 52.9 Å². The lowest BCUT2D eigenvalue weighted by atomic mass is 10.1. The van der Waals surface area contributed by atoms with Gasteiger partial charge in [-0.05, 0) is 38.2 Å². The first-order valence-corrected chi connectivity index (χ1v) is 7.45. The van der Waals surface area contributed by atoms with Gasteiger partial charge >= 0.3 is 0 Å². The summed E-state index contributed by atoms with van der Waals surface area (Å²) in [6.07, 6.45) is 5.03. The van der Waals surface area contributed by atoms with E-state index in [2.05, 4.69) is 6.92 Å². The molecule has 0 radical (unpaired) electrons. The van der Waals surface area contributed by atoms with Crippen LogP contribution in [0.15, 0.2) is 30.3 Å². The summed E-state index contributed by atoms with van der Waals surface area (Å²) in [7, 11) is 3.67. The van der Waals surface area contributed by atoms with Crippen LogP contribution in [-0.2, 0) is 0 Å². The van der Waals surface area contributed by atoms with Gasteiger partial charge in [0.1, 0.15) is 5.75 Å². The molecule has 118 valence electrons. The van der Waals surface area contributed by atoms with Gasteiger partial charge < -0.3 is 19.8 Å². The third kappa shape index (κ3) is 6.29. The van der Waals surface area contributed by atoms with Gasteiger partial charge in [-0.25, -0.2) is 0 Å². The Balaban J connectivity index is 2.56. The zero-order valence-corrected chi connectivity index (χ0v) is 13.2. The minimum Gasteiger partial charge on any atom is -0.494 e. The molecule has 1 rings (SSSR count). The van der Waals surface area contributed by atoms with E-state index in [1.165, 1.54) is 0 Å². The lowest BCUT2D eigenvalue weighted by Gasteiger charge is -2.25. The van der Waals surface area contributed by atoms with Crippen LogP contribution in [0.1, 0.15) is 25.3 Å². The molecule has 2 N–H and O–H groups in total. The van der Waals surface area contributed by atoms with Gasteiger partial charge in [-0.2, -0.15) is 0 Å². The van der Waals surface area contributed by atoms with Gasteiger partial charge in [0.25, 0.3) is 0 Å². The van der Waals surface area contributed by atoms with Crippen LogP contribution >= 0.6 is 0 Å². The van der Waals surface area contributed by atoms with E-state index >= 15 is 0 Å². The Hall–Kier alpha value is -1.36. The zero-order chi connectivity index (χ0) is 15.7. The molecule has 0 bridgehead atoms. The van der Waals surface area contributed by atoms with Gasteiger partial charge in [0.2, 0.25) is 0 Å². The molecule has 4 nitrogen and oxygen atoms in total. The van der Waals surface area contributed by atoms with Crippen molar-refractivity contribution in [2.24, 2.45) is 0 Å². The van der Waals surface area contributed by atoms with Gasteiger partial charge in [-0.15, -0.1) is 0 Å². The number of aliphatic hydroxyl groups excluding tert-OH is 2. The molecular formula is C17H27NO3. The molecule has 0 spiro atoms. The van der Waals surface area contributed by atoms with Crippen LogP contribution < -0.4 is 4.74 Å². The van der Waals surface area contributed by atoms with Crippen molar-refractivity contribution in [1.82, 2.24) is 4.90 Å². The van der Waals surface area contributed by atoms with E-state index in [9.17, 15) is 10.2 Å². The van der Waals surface area contributed by atoms with E-state index in [4.69, 9.17) is 4.74 Å². The molecule has 1 aromatic rings. The molecule has 0 aliphatic carbocycles. The van der Waals surface area contributed by atoms with Gasteiger partial charge in [0.15, 0.2) is 0 Å². The number of rotatable bonds is 9. The minimum atomic E-state index is -0.703. The third-order valence-electron chi connectivity index (χ3n) is 3.38. The maximum Gasteiger partial charge on any atom is 0.119 e. The van der Waals surface area contributed by atoms with Crippen molar-refractivity contribution in [3.8, 4) is 5.75 Å². The summed E-state index contributed by atoms with van der Waals surface area (Å²) < 4.78 is 5.60. The average Bonchev–Trinajstić information content (AvgIpc) is 2.47. The summed E-state index contributed by atoms with van der Waals surface area (Å²) in [6, 6.07) is 7.47. The first kappa shape index (κ1) is 17.7. The normalized spacial score (nSPS) is 14.6. The molecule has 0 fully saturated rings. The van der Waals surface area contributed by atoms with Crippen LogP contribution in [0, 0.1) is 0 Å². The Morgan fingerprint density at radius 2 is 1.90 bits per heavy atom. The van der Waals surface area contributed by atoms with Crippen molar-refractivity contribution >= 4 is 6.08 Å². The quantitative estimate of drug-likeness (QED) is 0.685. The van der Waals surface area contributed by atoms with E-state index in [0.29, 0.717) is 0 Å². The monoisotopic (exact) mass is 293 g/mol. The van der Waals surface area contributed by atoms with E-state index in [0.717, 1.165) is 30.8 Å². The fourth-order valence-electron chi connectivity index (χ4n) is 1.92. The van der Waals surface area contributed by atoms with Gasteiger partial charge in [-0.3, -0.25) is 0 Å². The fraction of sp³-hybridized carbons (Fsp3) is 0.529. The van der Waals surface area contributed by atoms with Crippen molar-refractivity contribution in [2.75, 3.05) is 27.3 Å². The predicted molar refractivity (Wildman–Crippen MR) is 86.4 cm³/mol. The molecule has 21 heavy (non-hydrogen) atoms. The molecule has 1 aromatic carbocycles. The molecular weight excluding hydrogens is 266 g/mol. The Bertz CT molecular complexity index is 415. The van der Waals surface area contributed by atoms with Gasteiger partial charge in [-0.1, -0.05) is 37.6 Å². The van der Waals surface area contributed by atoms with Crippen molar-refractivity contribution in [3.05, 3.63) is 35.9 Å². The summed E-state index contributed by atoms with van der Waals surface area (Å²) in [5.41, 5.74) is 0.993. The Kier molecular flexibility index (Phi) is 8.05. The highest BCUT2D eigenvalue weighted by Crippen LogP contribution is 2.14. The Morgan fingerprint density at radius 3 is 2.43 bits per heavy atom. The van der Waals surface area contributed by atoms with Crippen LogP contribution in [0.2, 0.25) is 0 Å². The number of aliphatic hydroxyl groups is 2. The van der Waals surface area contributed by atoms with Gasteiger partial charge in [0, 0.05) is 0 Å². The molecule has 0 aromatic heterocycles. The number of ether oxygens (including phenoxy) is 1. The average molecular weight is 293 g/mol. The summed E-state index contributed by atoms with van der Waals surface area (Å²) in [5.74, 6) is 0.864. The second kappa shape index (κ2) is 9.55. The lowest BCUT2D eigenvalue weighted by Crippen LogP contribution is -2.40. The molecule has 2 atom stereocenters. The van der Waals surface area contributed by atoms with Crippen LogP contribution in [-0.4, -0.2) is 54.6 Å². The van der Waals surface area contributed by atoms with Crippen molar-refractivity contribution in [2.45, 2.75) is 31.9 Å². The molecule has 0 aliphatic heterocycles. The van der Waals surface area contributed by atoms with Crippen molar-refractivity contribution in [1.29, 1.82) is 0 Å². The van der Waals surface area contributed by atoms with Crippen LogP contribution in [0.3, 0.4) is 0 Å². The summed E-state index contributed by atoms with van der Waals surface area (Å²) in [6.45, 7) is 2.80. The summed E-state index contributed by atoms with van der Waals surface area (Å²) in [4.78, 5) is 1.81. The first-order chi connectivity index (χ1) is 10.1. The summed E-state index contributed by atoms with van der Waals surface area (Å²) in [5, 5.41) is 19.3. The van der Waals surface area contributed by atoms with Crippen LogP contribution in [0.25, 0.3) is 6.08 Å². The highest BCUT2D eigenvalue weighted by molar-refractivity contribution is 5.51. The number of hydrogen-bond acceptors (Lipinski definition) is 4. The largest absolute Gasteiger partial charge is 0.494 e. The molecule has 0 heterocycles. The molecule has 0 unspecified atom stereocenters. The van der Waals surface area contributed by atoms with Crippen molar-refractivity contribution < 1.29 is 14.9 Å². The second-order valence-corrected chi connectivity index (χ2v) is 5.33. The number of hydrogen-bond donors (Lipinski definition) is 2. The standard InChI is InChI=1S/C17H27NO3/c1-4-5-12-21-15-9-6-14(7-10-15)8-11-17(20)16(13-19)18(2)3/h6-11,16-17,19-20H,4-5,12-13H2,1-3H3/b11-8+/t16-,17+/m1/s1. The lowest BCUT2D eigenvalue weighted by molar-refractivity contribution is 0.0678. The smallest absolute Gasteiger partial charge is 0.119 e. The second-order valence-electron chi connectivity index (χ2n) is 5.33. The van der Waals surface area contributed by atoms with E-state index in [1.54, 1.807) is 11.0 Å². The maximum absolute atomic E-state index is 10.0. The van der Waals surface area contributed by atoms with Crippen LogP contribution in [0.5, 0.6) is 5.75 Å². The molecule has 4 heteroatoms. The number of unbranched alkanes of at least 4 members (excludes halogenated alkanes) is 1. The predicted octanol–water partition coefficient (Wildman–Crippen LogP) is 2.16. The molecule has 0 aliphatic rings. The highest BCUT2D eigenvalue weighted by Gasteiger charge is 2.17.